The number of sulfonamides is 1. The Morgan fingerprint density at radius 3 is 2.23 bits per heavy atom. The summed E-state index contributed by atoms with van der Waals surface area (Å²) in [7, 11) is -3.56. The predicted molar refractivity (Wildman–Crippen MR) is 105 cm³/mol. The Hall–Kier alpha value is -1.90. The van der Waals surface area contributed by atoms with Crippen LogP contribution in [0.2, 0.25) is 0 Å². The molecule has 0 bridgehead atoms. The molecule has 0 radical (unpaired) electrons. The minimum absolute atomic E-state index is 0.140. The number of amides is 1. The fourth-order valence-corrected chi connectivity index (χ4v) is 3.75. The van der Waals surface area contributed by atoms with Gasteiger partial charge in [0.2, 0.25) is 10.0 Å². The summed E-state index contributed by atoms with van der Waals surface area (Å²) in [6, 6.07) is 13.0. The van der Waals surface area contributed by atoms with E-state index in [0.717, 1.165) is 4.47 Å². The van der Waals surface area contributed by atoms with Crippen LogP contribution in [-0.2, 0) is 14.8 Å². The topological polar surface area (TPSA) is 84.5 Å². The fraction of sp³-hybridized carbons (Fsp3) is 0.278. The lowest BCUT2D eigenvalue weighted by atomic mass is 10.3. The summed E-state index contributed by atoms with van der Waals surface area (Å²) in [5.74, 6) is 0.230. The van der Waals surface area contributed by atoms with Crippen molar-refractivity contribution in [3.8, 4) is 5.75 Å². The maximum absolute atomic E-state index is 12.3. The van der Waals surface area contributed by atoms with Gasteiger partial charge < -0.3 is 10.1 Å². The number of para-hydroxylation sites is 1. The van der Waals surface area contributed by atoms with Crippen LogP contribution in [0, 0.1) is 0 Å². The SMILES string of the molecule is CC(C)NS(=O)(=O)c1ccc(NC(=O)C(C)Oc2ccccc2Br)cc1. The third kappa shape index (κ3) is 5.55. The van der Waals surface area contributed by atoms with Crippen molar-refractivity contribution in [2.75, 3.05) is 5.32 Å². The molecule has 0 saturated carbocycles. The number of benzene rings is 2. The molecular formula is C18H21BrN2O4S. The van der Waals surface area contributed by atoms with Crippen molar-refractivity contribution < 1.29 is 17.9 Å². The zero-order valence-electron chi connectivity index (χ0n) is 14.7. The Morgan fingerprint density at radius 1 is 1.04 bits per heavy atom. The highest BCUT2D eigenvalue weighted by Gasteiger charge is 2.18. The summed E-state index contributed by atoms with van der Waals surface area (Å²) >= 11 is 3.36. The van der Waals surface area contributed by atoms with Crippen molar-refractivity contribution >= 4 is 37.5 Å². The van der Waals surface area contributed by atoms with Crippen LogP contribution in [0.4, 0.5) is 5.69 Å². The molecule has 0 aliphatic heterocycles. The van der Waals surface area contributed by atoms with Crippen molar-refractivity contribution in [3.63, 3.8) is 0 Å². The summed E-state index contributed by atoms with van der Waals surface area (Å²) in [6.45, 7) is 5.14. The van der Waals surface area contributed by atoms with Gasteiger partial charge in [0.25, 0.3) is 5.91 Å². The second-order valence-corrected chi connectivity index (χ2v) is 8.55. The standard InChI is InChI=1S/C18H21BrN2O4S/c1-12(2)21-26(23,24)15-10-8-14(9-11-15)20-18(22)13(3)25-17-7-5-4-6-16(17)19/h4-13,21H,1-3H3,(H,20,22). The first-order chi connectivity index (χ1) is 12.2. The third-order valence-electron chi connectivity index (χ3n) is 3.33. The number of hydrogen-bond donors (Lipinski definition) is 2. The van der Waals surface area contributed by atoms with Gasteiger partial charge in [-0.15, -0.1) is 0 Å². The van der Waals surface area contributed by atoms with Gasteiger partial charge in [-0.2, -0.15) is 0 Å². The Bertz CT molecular complexity index is 867. The van der Waals surface area contributed by atoms with Crippen LogP contribution < -0.4 is 14.8 Å². The summed E-state index contributed by atoms with van der Waals surface area (Å²) in [4.78, 5) is 12.4. The molecule has 1 unspecified atom stereocenters. The van der Waals surface area contributed by atoms with E-state index in [2.05, 4.69) is 26.0 Å². The van der Waals surface area contributed by atoms with Crippen LogP contribution in [0.15, 0.2) is 57.9 Å². The van der Waals surface area contributed by atoms with Crippen LogP contribution in [0.3, 0.4) is 0 Å². The molecule has 6 nitrogen and oxygen atoms in total. The molecule has 0 heterocycles. The highest BCUT2D eigenvalue weighted by atomic mass is 79.9. The van der Waals surface area contributed by atoms with Crippen LogP contribution in [0.1, 0.15) is 20.8 Å². The Morgan fingerprint density at radius 2 is 1.65 bits per heavy atom. The average Bonchev–Trinajstić information content (AvgIpc) is 2.56. The van der Waals surface area contributed by atoms with Gasteiger partial charge >= 0.3 is 0 Å². The van der Waals surface area contributed by atoms with Gasteiger partial charge in [0.1, 0.15) is 5.75 Å². The van der Waals surface area contributed by atoms with E-state index in [4.69, 9.17) is 4.74 Å². The largest absolute Gasteiger partial charge is 0.480 e. The fourth-order valence-electron chi connectivity index (χ4n) is 2.12. The van der Waals surface area contributed by atoms with Crippen molar-refractivity contribution in [1.29, 1.82) is 0 Å². The summed E-state index contributed by atoms with van der Waals surface area (Å²) in [5, 5.41) is 2.71. The quantitative estimate of drug-likeness (QED) is 0.689. The number of carbonyl (C=O) groups excluding carboxylic acids is 1. The lowest BCUT2D eigenvalue weighted by Crippen LogP contribution is -2.31. The molecule has 8 heteroatoms. The number of nitrogens with one attached hydrogen (secondary N) is 2. The number of anilines is 1. The molecule has 140 valence electrons. The monoisotopic (exact) mass is 440 g/mol. The summed E-state index contributed by atoms with van der Waals surface area (Å²) < 4.78 is 33.1. The Labute approximate surface area is 162 Å². The van der Waals surface area contributed by atoms with E-state index >= 15 is 0 Å². The molecule has 0 saturated heterocycles. The van der Waals surface area contributed by atoms with Crippen LogP contribution in [0.25, 0.3) is 0 Å². The zero-order valence-corrected chi connectivity index (χ0v) is 17.1. The van der Waals surface area contributed by atoms with E-state index in [0.29, 0.717) is 11.4 Å². The van der Waals surface area contributed by atoms with Crippen molar-refractivity contribution in [3.05, 3.63) is 53.0 Å². The van der Waals surface area contributed by atoms with Gasteiger partial charge in [0.15, 0.2) is 6.10 Å². The minimum atomic E-state index is -3.56. The average molecular weight is 441 g/mol. The van der Waals surface area contributed by atoms with Crippen molar-refractivity contribution in [2.45, 2.75) is 37.8 Å². The molecule has 2 aromatic carbocycles. The molecule has 0 aliphatic rings. The molecule has 0 fully saturated rings. The molecule has 0 spiro atoms. The maximum Gasteiger partial charge on any atom is 0.265 e. The molecule has 0 aromatic heterocycles. The van der Waals surface area contributed by atoms with Crippen LogP contribution in [0.5, 0.6) is 5.75 Å². The van der Waals surface area contributed by atoms with E-state index in [1.165, 1.54) is 24.3 Å². The second-order valence-electron chi connectivity index (χ2n) is 5.98. The number of hydrogen-bond acceptors (Lipinski definition) is 4. The van der Waals surface area contributed by atoms with Crippen molar-refractivity contribution in [2.24, 2.45) is 0 Å². The molecule has 2 N–H and O–H groups in total. The molecule has 1 amide bonds. The molecule has 2 rings (SSSR count). The Balaban J connectivity index is 2.02. The summed E-state index contributed by atoms with van der Waals surface area (Å²) in [6.07, 6.45) is -0.722. The lowest BCUT2D eigenvalue weighted by molar-refractivity contribution is -0.122. The number of ether oxygens (including phenoxy) is 1. The minimum Gasteiger partial charge on any atom is -0.480 e. The van der Waals surface area contributed by atoms with Gasteiger partial charge in [-0.3, -0.25) is 4.79 Å². The maximum atomic E-state index is 12.3. The van der Waals surface area contributed by atoms with Gasteiger partial charge in [0, 0.05) is 11.7 Å². The third-order valence-corrected chi connectivity index (χ3v) is 5.66. The number of carbonyl (C=O) groups is 1. The summed E-state index contributed by atoms with van der Waals surface area (Å²) in [5.41, 5.74) is 0.487. The molecule has 2 aromatic rings. The molecule has 26 heavy (non-hydrogen) atoms. The Kier molecular flexibility index (Phi) is 6.80. The highest BCUT2D eigenvalue weighted by molar-refractivity contribution is 9.10. The van der Waals surface area contributed by atoms with E-state index in [9.17, 15) is 13.2 Å². The van der Waals surface area contributed by atoms with Gasteiger partial charge in [-0.25, -0.2) is 13.1 Å². The molecule has 1 atom stereocenters. The van der Waals surface area contributed by atoms with Crippen LogP contribution >= 0.6 is 15.9 Å². The van der Waals surface area contributed by atoms with Crippen LogP contribution in [-0.4, -0.2) is 26.5 Å². The van der Waals surface area contributed by atoms with Gasteiger partial charge in [0.05, 0.1) is 9.37 Å². The zero-order chi connectivity index (χ0) is 19.3. The number of halogens is 1. The first kappa shape index (κ1) is 20.4. The first-order valence-electron chi connectivity index (χ1n) is 8.03. The number of rotatable bonds is 7. The molecule has 0 aliphatic carbocycles. The van der Waals surface area contributed by atoms with Gasteiger partial charge in [-0.1, -0.05) is 12.1 Å². The van der Waals surface area contributed by atoms with Crippen molar-refractivity contribution in [1.82, 2.24) is 4.72 Å². The highest BCUT2D eigenvalue weighted by Crippen LogP contribution is 2.25. The second kappa shape index (κ2) is 8.66. The molecular weight excluding hydrogens is 420 g/mol. The van der Waals surface area contributed by atoms with Gasteiger partial charge in [-0.05, 0) is 73.1 Å². The smallest absolute Gasteiger partial charge is 0.265 e. The predicted octanol–water partition coefficient (Wildman–Crippen LogP) is 3.54. The van der Waals surface area contributed by atoms with E-state index in [-0.39, 0.29) is 16.8 Å². The van der Waals surface area contributed by atoms with E-state index < -0.39 is 16.1 Å². The normalized spacial score (nSPS) is 12.7. The lowest BCUT2D eigenvalue weighted by Gasteiger charge is -2.16. The first-order valence-corrected chi connectivity index (χ1v) is 10.3. The van der Waals surface area contributed by atoms with E-state index in [1.54, 1.807) is 26.8 Å². The van der Waals surface area contributed by atoms with E-state index in [1.807, 2.05) is 18.2 Å².